The van der Waals surface area contributed by atoms with Gasteiger partial charge in [-0.25, -0.2) is 0 Å². The summed E-state index contributed by atoms with van der Waals surface area (Å²) >= 11 is 0. The molecule has 0 aliphatic carbocycles. The molecule has 1 aromatic rings. The highest BCUT2D eigenvalue weighted by Gasteiger charge is 2.27. The molecule has 1 amide bonds. The standard InChI is InChI=1S/C18H27N3O2/c1-14-5-9-20(10-6-14)12-15-3-2-8-21(13-15)18(23)17-11-16(22)4-7-19-17/h4,7,11,14-15H,2-3,5-6,8-10,12-13H2,1H3,(H,19,22)/t15-/m1/s1. The molecule has 3 heterocycles. The van der Waals surface area contributed by atoms with E-state index in [4.69, 9.17) is 0 Å². The monoisotopic (exact) mass is 317 g/mol. The second kappa shape index (κ2) is 7.30. The highest BCUT2D eigenvalue weighted by atomic mass is 16.2. The van der Waals surface area contributed by atoms with Crippen molar-refractivity contribution in [1.82, 2.24) is 14.8 Å². The van der Waals surface area contributed by atoms with Gasteiger partial charge in [0.25, 0.3) is 5.91 Å². The Hall–Kier alpha value is -1.62. The SMILES string of the molecule is CC1CCN(C[C@H]2CCCN(C(=O)c3cc(=O)cc[nH]3)C2)CC1. The highest BCUT2D eigenvalue weighted by molar-refractivity contribution is 5.92. The zero-order valence-electron chi connectivity index (χ0n) is 14.0. The number of carbonyl (C=O) groups excluding carboxylic acids is 1. The Kier molecular flexibility index (Phi) is 5.16. The number of aromatic amines is 1. The smallest absolute Gasteiger partial charge is 0.270 e. The molecule has 2 aliphatic heterocycles. The number of hydrogen-bond donors (Lipinski definition) is 1. The molecule has 0 unspecified atom stereocenters. The van der Waals surface area contributed by atoms with Crippen LogP contribution in [0, 0.1) is 11.8 Å². The second-order valence-electron chi connectivity index (χ2n) is 7.18. The van der Waals surface area contributed by atoms with Crippen molar-refractivity contribution in [2.45, 2.75) is 32.6 Å². The molecule has 0 radical (unpaired) electrons. The number of amides is 1. The summed E-state index contributed by atoms with van der Waals surface area (Å²) in [7, 11) is 0. The molecule has 0 spiro atoms. The number of carbonyl (C=O) groups is 1. The molecule has 0 bridgehead atoms. The largest absolute Gasteiger partial charge is 0.357 e. The van der Waals surface area contributed by atoms with Crippen LogP contribution in [0.15, 0.2) is 23.1 Å². The molecule has 2 fully saturated rings. The number of piperidine rings is 2. The van der Waals surface area contributed by atoms with Gasteiger partial charge in [0.05, 0.1) is 0 Å². The lowest BCUT2D eigenvalue weighted by atomic mass is 9.94. The third-order valence-electron chi connectivity index (χ3n) is 5.20. The first kappa shape index (κ1) is 16.2. The van der Waals surface area contributed by atoms with Crippen LogP contribution < -0.4 is 5.43 Å². The topological polar surface area (TPSA) is 56.4 Å². The number of rotatable bonds is 3. The van der Waals surface area contributed by atoms with Gasteiger partial charge in [-0.1, -0.05) is 6.92 Å². The summed E-state index contributed by atoms with van der Waals surface area (Å²) in [5, 5.41) is 0. The Morgan fingerprint density at radius 3 is 2.78 bits per heavy atom. The molecular formula is C18H27N3O2. The van der Waals surface area contributed by atoms with Crippen LogP contribution in [0.1, 0.15) is 43.1 Å². The molecule has 2 saturated heterocycles. The zero-order valence-corrected chi connectivity index (χ0v) is 14.0. The first-order chi connectivity index (χ1) is 11.1. The number of pyridine rings is 1. The first-order valence-corrected chi connectivity index (χ1v) is 8.82. The molecule has 5 nitrogen and oxygen atoms in total. The molecule has 23 heavy (non-hydrogen) atoms. The van der Waals surface area contributed by atoms with E-state index in [0.29, 0.717) is 11.6 Å². The Labute approximate surface area is 137 Å². The van der Waals surface area contributed by atoms with Gasteiger partial charge in [-0.2, -0.15) is 0 Å². The second-order valence-corrected chi connectivity index (χ2v) is 7.18. The van der Waals surface area contributed by atoms with Crippen molar-refractivity contribution in [2.75, 3.05) is 32.7 Å². The maximum absolute atomic E-state index is 12.6. The molecule has 2 aliphatic rings. The lowest BCUT2D eigenvalue weighted by molar-refractivity contribution is 0.0616. The van der Waals surface area contributed by atoms with Gasteiger partial charge in [-0.3, -0.25) is 9.59 Å². The van der Waals surface area contributed by atoms with Gasteiger partial charge in [0.15, 0.2) is 5.43 Å². The number of aromatic nitrogens is 1. The molecule has 5 heteroatoms. The van der Waals surface area contributed by atoms with Gasteiger partial charge < -0.3 is 14.8 Å². The minimum Gasteiger partial charge on any atom is -0.357 e. The normalized spacial score (nSPS) is 23.9. The van der Waals surface area contributed by atoms with Crippen LogP contribution in [0.25, 0.3) is 0 Å². The Morgan fingerprint density at radius 1 is 1.26 bits per heavy atom. The van der Waals surface area contributed by atoms with Gasteiger partial charge in [0.1, 0.15) is 5.69 Å². The van der Waals surface area contributed by atoms with E-state index in [1.165, 1.54) is 44.5 Å². The van der Waals surface area contributed by atoms with E-state index in [9.17, 15) is 9.59 Å². The molecule has 126 valence electrons. The third kappa shape index (κ3) is 4.22. The fourth-order valence-electron chi connectivity index (χ4n) is 3.75. The average Bonchev–Trinajstić information content (AvgIpc) is 2.56. The summed E-state index contributed by atoms with van der Waals surface area (Å²) in [5.74, 6) is 1.36. The van der Waals surface area contributed by atoms with Crippen LogP contribution in [0.5, 0.6) is 0 Å². The third-order valence-corrected chi connectivity index (χ3v) is 5.20. The van der Waals surface area contributed by atoms with Crippen molar-refractivity contribution in [3.63, 3.8) is 0 Å². The van der Waals surface area contributed by atoms with Crippen molar-refractivity contribution in [3.05, 3.63) is 34.2 Å². The van der Waals surface area contributed by atoms with E-state index in [1.54, 1.807) is 6.20 Å². The highest BCUT2D eigenvalue weighted by Crippen LogP contribution is 2.22. The Morgan fingerprint density at radius 2 is 2.04 bits per heavy atom. The van der Waals surface area contributed by atoms with E-state index in [0.717, 1.165) is 32.0 Å². The van der Waals surface area contributed by atoms with Gasteiger partial charge in [-0.05, 0) is 50.6 Å². The van der Waals surface area contributed by atoms with Crippen LogP contribution in [0.3, 0.4) is 0 Å². The van der Waals surface area contributed by atoms with Gasteiger partial charge in [-0.15, -0.1) is 0 Å². The van der Waals surface area contributed by atoms with Gasteiger partial charge in [0.2, 0.25) is 0 Å². The number of nitrogens with one attached hydrogen (secondary N) is 1. The maximum atomic E-state index is 12.6. The fourth-order valence-corrected chi connectivity index (χ4v) is 3.75. The van der Waals surface area contributed by atoms with E-state index >= 15 is 0 Å². The molecule has 1 atom stereocenters. The first-order valence-electron chi connectivity index (χ1n) is 8.82. The van der Waals surface area contributed by atoms with E-state index in [-0.39, 0.29) is 11.3 Å². The summed E-state index contributed by atoms with van der Waals surface area (Å²) in [6, 6.07) is 2.84. The predicted octanol–water partition coefficient (Wildman–Crippen LogP) is 1.96. The zero-order chi connectivity index (χ0) is 16.2. The average molecular weight is 317 g/mol. The Balaban J connectivity index is 1.57. The fraction of sp³-hybridized carbons (Fsp3) is 0.667. The Bertz CT molecular complexity index is 590. The summed E-state index contributed by atoms with van der Waals surface area (Å²) in [4.78, 5) is 31.4. The lowest BCUT2D eigenvalue weighted by Gasteiger charge is -2.37. The van der Waals surface area contributed by atoms with Crippen LogP contribution in [-0.2, 0) is 0 Å². The van der Waals surface area contributed by atoms with Gasteiger partial charge in [0, 0.05) is 38.0 Å². The van der Waals surface area contributed by atoms with E-state index in [1.807, 2.05) is 4.90 Å². The minimum atomic E-state index is -0.122. The molecule has 0 aromatic carbocycles. The predicted molar refractivity (Wildman–Crippen MR) is 90.5 cm³/mol. The molecule has 1 aromatic heterocycles. The van der Waals surface area contributed by atoms with Gasteiger partial charge >= 0.3 is 0 Å². The number of H-pyrrole nitrogens is 1. The summed E-state index contributed by atoms with van der Waals surface area (Å²) in [6.45, 7) is 7.42. The van der Waals surface area contributed by atoms with Crippen molar-refractivity contribution in [3.8, 4) is 0 Å². The van der Waals surface area contributed by atoms with Crippen molar-refractivity contribution in [1.29, 1.82) is 0 Å². The van der Waals surface area contributed by atoms with Crippen molar-refractivity contribution in [2.24, 2.45) is 11.8 Å². The molecule has 0 saturated carbocycles. The van der Waals surface area contributed by atoms with Crippen LogP contribution in [-0.4, -0.2) is 53.4 Å². The van der Waals surface area contributed by atoms with Crippen LogP contribution in [0.2, 0.25) is 0 Å². The van der Waals surface area contributed by atoms with Crippen molar-refractivity contribution >= 4 is 5.91 Å². The maximum Gasteiger partial charge on any atom is 0.270 e. The quantitative estimate of drug-likeness (QED) is 0.927. The summed E-state index contributed by atoms with van der Waals surface area (Å²) in [5.41, 5.74) is 0.285. The summed E-state index contributed by atoms with van der Waals surface area (Å²) < 4.78 is 0. The molecular weight excluding hydrogens is 290 g/mol. The van der Waals surface area contributed by atoms with Crippen molar-refractivity contribution < 1.29 is 4.79 Å². The van der Waals surface area contributed by atoms with Crippen LogP contribution >= 0.6 is 0 Å². The number of hydrogen-bond acceptors (Lipinski definition) is 3. The van der Waals surface area contributed by atoms with E-state index in [2.05, 4.69) is 16.8 Å². The minimum absolute atomic E-state index is 0.0420. The number of likely N-dealkylation sites (tertiary alicyclic amines) is 2. The van der Waals surface area contributed by atoms with E-state index < -0.39 is 0 Å². The lowest BCUT2D eigenvalue weighted by Crippen LogP contribution is -2.45. The summed E-state index contributed by atoms with van der Waals surface area (Å²) in [6.07, 6.45) is 6.38. The van der Waals surface area contributed by atoms with Crippen LogP contribution in [0.4, 0.5) is 0 Å². The molecule has 1 N–H and O–H groups in total. The molecule has 3 rings (SSSR count). The number of nitrogens with zero attached hydrogens (tertiary/aromatic N) is 2.